The van der Waals surface area contributed by atoms with Crippen LogP contribution in [0.5, 0.6) is 23.0 Å². The second-order valence-electron chi connectivity index (χ2n) is 7.81. The molecule has 0 saturated heterocycles. The quantitative estimate of drug-likeness (QED) is 0.551. The van der Waals surface area contributed by atoms with Gasteiger partial charge in [0.2, 0.25) is 6.79 Å². The maximum Gasteiger partial charge on any atom is 0.258 e. The molecule has 32 heavy (non-hydrogen) atoms. The van der Waals surface area contributed by atoms with Gasteiger partial charge in [-0.2, -0.15) is 0 Å². The first-order valence-electron chi connectivity index (χ1n) is 10.6. The van der Waals surface area contributed by atoms with Gasteiger partial charge in [-0.1, -0.05) is 30.3 Å². The zero-order valence-corrected chi connectivity index (χ0v) is 18.3. The first-order chi connectivity index (χ1) is 15.6. The molecular weight excluding hydrogens is 406 g/mol. The van der Waals surface area contributed by atoms with E-state index in [1.165, 1.54) is 0 Å². The predicted molar refractivity (Wildman–Crippen MR) is 122 cm³/mol. The van der Waals surface area contributed by atoms with Gasteiger partial charge in [0, 0.05) is 6.04 Å². The van der Waals surface area contributed by atoms with Crippen molar-refractivity contribution in [3.8, 4) is 23.0 Å². The highest BCUT2D eigenvalue weighted by atomic mass is 16.7. The van der Waals surface area contributed by atoms with Crippen LogP contribution in [0.3, 0.4) is 0 Å². The van der Waals surface area contributed by atoms with E-state index < -0.39 is 0 Å². The fourth-order valence-electron chi connectivity index (χ4n) is 3.70. The molecule has 1 aliphatic heterocycles. The molecule has 0 radical (unpaired) electrons. The summed E-state index contributed by atoms with van der Waals surface area (Å²) in [6.07, 6.45) is 1.33. The fourth-order valence-corrected chi connectivity index (χ4v) is 3.70. The summed E-state index contributed by atoms with van der Waals surface area (Å²) in [6, 6.07) is 21.3. The van der Waals surface area contributed by atoms with Crippen LogP contribution in [0.25, 0.3) is 0 Å². The Morgan fingerprint density at radius 3 is 2.47 bits per heavy atom. The Morgan fingerprint density at radius 2 is 1.69 bits per heavy atom. The highest BCUT2D eigenvalue weighted by molar-refractivity contribution is 5.78. The number of carbonyl (C=O) groups excluding carboxylic acids is 1. The van der Waals surface area contributed by atoms with Crippen LogP contribution in [0, 0.1) is 6.92 Å². The topological polar surface area (TPSA) is 66.0 Å². The molecule has 1 amide bonds. The molecule has 0 spiro atoms. The first-order valence-corrected chi connectivity index (χ1v) is 10.6. The van der Waals surface area contributed by atoms with Crippen molar-refractivity contribution in [2.24, 2.45) is 0 Å². The summed E-state index contributed by atoms with van der Waals surface area (Å²) in [4.78, 5) is 12.7. The van der Waals surface area contributed by atoms with Crippen molar-refractivity contribution in [3.63, 3.8) is 0 Å². The zero-order valence-electron chi connectivity index (χ0n) is 18.3. The minimum absolute atomic E-state index is 0.0380. The second kappa shape index (κ2) is 10.1. The standard InChI is InChI=1S/C26H27NO5/c1-18-4-3-5-23(12-18)30-16-26(28)27-21(13-19-6-9-22(29-2)10-7-19)14-20-8-11-24-25(15-20)32-17-31-24/h3-12,15,21H,13-14,16-17H2,1-2H3,(H,27,28)/t21-/m0/s1. The third-order valence-corrected chi connectivity index (χ3v) is 5.28. The highest BCUT2D eigenvalue weighted by Crippen LogP contribution is 2.33. The maximum absolute atomic E-state index is 12.7. The van der Waals surface area contributed by atoms with Crippen LogP contribution in [0.15, 0.2) is 66.7 Å². The van der Waals surface area contributed by atoms with Gasteiger partial charge in [-0.3, -0.25) is 4.79 Å². The molecular formula is C26H27NO5. The molecule has 0 unspecified atom stereocenters. The monoisotopic (exact) mass is 433 g/mol. The van der Waals surface area contributed by atoms with Gasteiger partial charge in [-0.25, -0.2) is 0 Å². The maximum atomic E-state index is 12.7. The molecule has 1 aliphatic rings. The van der Waals surface area contributed by atoms with Crippen molar-refractivity contribution in [1.29, 1.82) is 0 Å². The van der Waals surface area contributed by atoms with E-state index in [-0.39, 0.29) is 25.3 Å². The molecule has 0 fully saturated rings. The van der Waals surface area contributed by atoms with Crippen LogP contribution >= 0.6 is 0 Å². The number of methoxy groups -OCH3 is 1. The first kappa shape index (κ1) is 21.6. The van der Waals surface area contributed by atoms with Crippen molar-refractivity contribution < 1.29 is 23.7 Å². The number of benzene rings is 3. The Hall–Kier alpha value is -3.67. The second-order valence-corrected chi connectivity index (χ2v) is 7.81. The lowest BCUT2D eigenvalue weighted by Gasteiger charge is -2.20. The van der Waals surface area contributed by atoms with Crippen LogP contribution in [-0.4, -0.2) is 32.5 Å². The van der Waals surface area contributed by atoms with Crippen molar-refractivity contribution in [2.75, 3.05) is 20.5 Å². The molecule has 3 aromatic carbocycles. The van der Waals surface area contributed by atoms with Gasteiger partial charge in [0.05, 0.1) is 7.11 Å². The lowest BCUT2D eigenvalue weighted by atomic mass is 9.98. The molecule has 0 saturated carbocycles. The predicted octanol–water partition coefficient (Wildman–Crippen LogP) is 4.08. The lowest BCUT2D eigenvalue weighted by Crippen LogP contribution is -2.40. The van der Waals surface area contributed by atoms with Crippen LogP contribution in [0.4, 0.5) is 0 Å². The summed E-state index contributed by atoms with van der Waals surface area (Å²) in [5, 5.41) is 3.13. The SMILES string of the molecule is COc1ccc(C[C@@H](Cc2ccc3c(c2)OCO3)NC(=O)COc2cccc(C)c2)cc1. The van der Waals surface area contributed by atoms with Gasteiger partial charge in [-0.05, 0) is 72.9 Å². The van der Waals surface area contributed by atoms with Crippen LogP contribution in [0.1, 0.15) is 16.7 Å². The van der Waals surface area contributed by atoms with Crippen molar-refractivity contribution in [1.82, 2.24) is 5.32 Å². The number of carbonyl (C=O) groups is 1. The van der Waals surface area contributed by atoms with Crippen LogP contribution in [0.2, 0.25) is 0 Å². The Bertz CT molecular complexity index is 1060. The number of hydrogen-bond donors (Lipinski definition) is 1. The molecule has 166 valence electrons. The van der Waals surface area contributed by atoms with E-state index in [0.29, 0.717) is 18.6 Å². The summed E-state index contributed by atoms with van der Waals surface area (Å²) in [7, 11) is 1.64. The molecule has 3 aromatic rings. The zero-order chi connectivity index (χ0) is 22.3. The normalized spacial score (nSPS) is 12.8. The average Bonchev–Trinajstić information content (AvgIpc) is 3.26. The van der Waals surface area contributed by atoms with E-state index in [0.717, 1.165) is 33.9 Å². The van der Waals surface area contributed by atoms with E-state index in [1.54, 1.807) is 7.11 Å². The Kier molecular flexibility index (Phi) is 6.80. The molecule has 1 N–H and O–H groups in total. The van der Waals surface area contributed by atoms with Gasteiger partial charge in [-0.15, -0.1) is 0 Å². The average molecular weight is 434 g/mol. The third-order valence-electron chi connectivity index (χ3n) is 5.28. The summed E-state index contributed by atoms with van der Waals surface area (Å²) in [5.74, 6) is 2.81. The number of fused-ring (bicyclic) bond motifs is 1. The van der Waals surface area contributed by atoms with Crippen LogP contribution < -0.4 is 24.3 Å². The number of hydrogen-bond acceptors (Lipinski definition) is 5. The summed E-state index contributed by atoms with van der Waals surface area (Å²) in [5.41, 5.74) is 3.26. The van der Waals surface area contributed by atoms with E-state index in [1.807, 2.05) is 73.7 Å². The molecule has 6 nitrogen and oxygen atoms in total. The molecule has 1 heterocycles. The molecule has 0 aliphatic carbocycles. The largest absolute Gasteiger partial charge is 0.497 e. The van der Waals surface area contributed by atoms with Gasteiger partial charge in [0.15, 0.2) is 18.1 Å². The van der Waals surface area contributed by atoms with Crippen molar-refractivity contribution in [2.45, 2.75) is 25.8 Å². The van der Waals surface area contributed by atoms with Crippen LogP contribution in [-0.2, 0) is 17.6 Å². The highest BCUT2D eigenvalue weighted by Gasteiger charge is 2.18. The smallest absolute Gasteiger partial charge is 0.258 e. The Balaban J connectivity index is 1.43. The van der Waals surface area contributed by atoms with E-state index in [4.69, 9.17) is 18.9 Å². The summed E-state index contributed by atoms with van der Waals surface area (Å²) in [6.45, 7) is 2.19. The van der Waals surface area contributed by atoms with Crippen molar-refractivity contribution >= 4 is 5.91 Å². The van der Waals surface area contributed by atoms with E-state index in [9.17, 15) is 4.79 Å². The molecule has 6 heteroatoms. The van der Waals surface area contributed by atoms with E-state index in [2.05, 4.69) is 5.32 Å². The number of nitrogens with one attached hydrogen (secondary N) is 1. The lowest BCUT2D eigenvalue weighted by molar-refractivity contribution is -0.123. The molecule has 1 atom stereocenters. The number of aryl methyl sites for hydroxylation is 1. The van der Waals surface area contributed by atoms with Gasteiger partial charge >= 0.3 is 0 Å². The summed E-state index contributed by atoms with van der Waals surface area (Å²) >= 11 is 0. The van der Waals surface area contributed by atoms with E-state index >= 15 is 0 Å². The summed E-state index contributed by atoms with van der Waals surface area (Å²) < 4.78 is 21.8. The van der Waals surface area contributed by atoms with Gasteiger partial charge in [0.1, 0.15) is 11.5 Å². The number of rotatable bonds is 9. The molecule has 0 aromatic heterocycles. The minimum atomic E-state index is -0.161. The minimum Gasteiger partial charge on any atom is -0.497 e. The Labute approximate surface area is 188 Å². The Morgan fingerprint density at radius 1 is 0.938 bits per heavy atom. The fraction of sp³-hybridized carbons (Fsp3) is 0.269. The molecule has 4 rings (SSSR count). The van der Waals surface area contributed by atoms with Crippen molar-refractivity contribution in [3.05, 3.63) is 83.4 Å². The van der Waals surface area contributed by atoms with Gasteiger partial charge in [0.25, 0.3) is 5.91 Å². The number of amides is 1. The van der Waals surface area contributed by atoms with Gasteiger partial charge < -0.3 is 24.3 Å². The molecule has 0 bridgehead atoms. The third kappa shape index (κ3) is 5.72. The number of ether oxygens (including phenoxy) is 4.